The second kappa shape index (κ2) is 11.7. The van der Waals surface area contributed by atoms with Crippen LogP contribution in [0.15, 0.2) is 86.8 Å². The first-order valence-corrected chi connectivity index (χ1v) is 13.6. The number of ether oxygens (including phenoxy) is 1. The molecule has 0 fully saturated rings. The van der Waals surface area contributed by atoms with Gasteiger partial charge in [0.25, 0.3) is 11.1 Å². The number of methoxy groups -OCH3 is 1. The van der Waals surface area contributed by atoms with E-state index in [2.05, 4.69) is 21.5 Å². The summed E-state index contributed by atoms with van der Waals surface area (Å²) in [6, 6.07) is 15.8. The first kappa shape index (κ1) is 28.3. The van der Waals surface area contributed by atoms with Crippen molar-refractivity contribution in [1.29, 1.82) is 0 Å². The van der Waals surface area contributed by atoms with Gasteiger partial charge < -0.3 is 10.5 Å². The Hall–Kier alpha value is -5.24. The van der Waals surface area contributed by atoms with Crippen LogP contribution in [0.3, 0.4) is 0 Å². The third-order valence-electron chi connectivity index (χ3n) is 6.57. The summed E-state index contributed by atoms with van der Waals surface area (Å²) in [5.74, 6) is -1.91. The molecule has 2 N–H and O–H groups in total. The number of hydrogen-bond acceptors (Lipinski definition) is 10. The minimum atomic E-state index is -1.01. The van der Waals surface area contributed by atoms with E-state index < -0.39 is 35.1 Å². The Morgan fingerprint density at radius 3 is 2.40 bits per heavy atom. The van der Waals surface area contributed by atoms with Gasteiger partial charge in [0.2, 0.25) is 5.78 Å². The lowest BCUT2D eigenvalue weighted by atomic mass is 10.2. The number of para-hydroxylation sites is 1. The van der Waals surface area contributed by atoms with Gasteiger partial charge in [-0.05, 0) is 17.7 Å². The van der Waals surface area contributed by atoms with Crippen molar-refractivity contribution < 1.29 is 14.3 Å². The van der Waals surface area contributed by atoms with Gasteiger partial charge in [-0.3, -0.25) is 32.7 Å². The molecular weight excluding hydrogens is 562 g/mol. The van der Waals surface area contributed by atoms with Crippen LogP contribution in [0.5, 0.6) is 0 Å². The number of aromatic nitrogens is 6. The lowest BCUT2D eigenvalue weighted by Crippen LogP contribution is -2.45. The minimum absolute atomic E-state index is 0.0397. The van der Waals surface area contributed by atoms with Crippen LogP contribution in [0, 0.1) is 0 Å². The maximum atomic E-state index is 13.6. The predicted octanol–water partition coefficient (Wildman–Crippen LogP) is 1.33. The average molecular weight is 588 g/mol. The van der Waals surface area contributed by atoms with Crippen molar-refractivity contribution >= 4 is 46.0 Å². The Balaban J connectivity index is 1.57. The number of esters is 1. The first-order valence-electron chi connectivity index (χ1n) is 12.6. The summed E-state index contributed by atoms with van der Waals surface area (Å²) in [5, 5.41) is 9.07. The van der Waals surface area contributed by atoms with Crippen molar-refractivity contribution in [3.63, 3.8) is 0 Å². The molecule has 14 heteroatoms. The molecule has 214 valence electrons. The third-order valence-corrected chi connectivity index (χ3v) is 7.50. The first-order chi connectivity index (χ1) is 20.3. The Bertz CT molecular complexity index is 2040. The van der Waals surface area contributed by atoms with E-state index in [4.69, 9.17) is 5.73 Å². The summed E-state index contributed by atoms with van der Waals surface area (Å²) in [6.45, 7) is 3.16. The van der Waals surface area contributed by atoms with E-state index >= 15 is 0 Å². The van der Waals surface area contributed by atoms with E-state index in [1.54, 1.807) is 65.1 Å². The molecule has 13 nitrogen and oxygen atoms in total. The summed E-state index contributed by atoms with van der Waals surface area (Å²) in [7, 11) is 1.12. The second-order valence-corrected chi connectivity index (χ2v) is 10.1. The van der Waals surface area contributed by atoms with Crippen LogP contribution in [0.1, 0.15) is 15.9 Å². The van der Waals surface area contributed by atoms with Gasteiger partial charge in [0.05, 0.1) is 30.3 Å². The molecule has 0 bridgehead atoms. The van der Waals surface area contributed by atoms with Crippen molar-refractivity contribution in [2.24, 2.45) is 0 Å². The Kier molecular flexibility index (Phi) is 7.88. The van der Waals surface area contributed by atoms with E-state index in [0.29, 0.717) is 26.2 Å². The van der Waals surface area contributed by atoms with E-state index in [-0.39, 0.29) is 36.0 Å². The second-order valence-electron chi connectivity index (χ2n) is 9.13. The zero-order valence-corrected chi connectivity index (χ0v) is 23.2. The summed E-state index contributed by atoms with van der Waals surface area (Å²) in [5.41, 5.74) is 4.93. The Morgan fingerprint density at radius 2 is 1.69 bits per heavy atom. The molecular formula is C28H25N7O6S. The fourth-order valence-electron chi connectivity index (χ4n) is 4.55. The highest BCUT2D eigenvalue weighted by atomic mass is 32.2. The molecule has 3 heterocycles. The number of Topliss-reactive ketones (excluding diaryl/α,β-unsaturated/α-hetero) is 1. The number of ketones is 1. The molecule has 0 spiro atoms. The number of nitrogen functional groups attached to an aromatic ring is 1. The van der Waals surface area contributed by atoms with Gasteiger partial charge in [0.1, 0.15) is 17.9 Å². The number of benzene rings is 2. The smallest absolute Gasteiger partial charge is 0.333 e. The molecule has 0 saturated carbocycles. The molecule has 2 aromatic carbocycles. The topological polar surface area (TPSA) is 166 Å². The number of nitrogens with two attached hydrogens (primary N) is 1. The third kappa shape index (κ3) is 5.03. The van der Waals surface area contributed by atoms with E-state index in [1.807, 2.05) is 0 Å². The molecule has 0 atom stereocenters. The molecule has 0 saturated heterocycles. The predicted molar refractivity (Wildman–Crippen MR) is 157 cm³/mol. The molecule has 0 aliphatic heterocycles. The fraction of sp³-hybridized carbons (Fsp3) is 0.179. The van der Waals surface area contributed by atoms with Crippen LogP contribution < -0.4 is 22.5 Å². The van der Waals surface area contributed by atoms with Gasteiger partial charge >= 0.3 is 11.7 Å². The average Bonchev–Trinajstić information content (AvgIpc) is 3.43. The summed E-state index contributed by atoms with van der Waals surface area (Å²) >= 11 is 0.979. The number of fused-ring (bicyclic) bond motifs is 3. The van der Waals surface area contributed by atoms with Crippen molar-refractivity contribution in [2.75, 3.05) is 18.6 Å². The largest absolute Gasteiger partial charge is 0.468 e. The SMILES string of the molecule is C=CCn1c(=O)c2ccccc2n2c(SCC(=O)c3c(N)n(Cc4ccccc4)c(=O)n(CC(=O)OC)c3=O)nnc12. The highest BCUT2D eigenvalue weighted by Gasteiger charge is 2.25. The van der Waals surface area contributed by atoms with Gasteiger partial charge in [0.15, 0.2) is 10.9 Å². The van der Waals surface area contributed by atoms with Gasteiger partial charge in [-0.15, -0.1) is 16.8 Å². The number of rotatable bonds is 10. The maximum absolute atomic E-state index is 13.6. The van der Waals surface area contributed by atoms with Gasteiger partial charge in [-0.2, -0.15) is 0 Å². The van der Waals surface area contributed by atoms with Crippen LogP contribution in [-0.2, 0) is 29.2 Å². The quantitative estimate of drug-likeness (QED) is 0.109. The summed E-state index contributed by atoms with van der Waals surface area (Å²) in [4.78, 5) is 65.2. The van der Waals surface area contributed by atoms with Crippen molar-refractivity contribution in [3.05, 3.63) is 110 Å². The van der Waals surface area contributed by atoms with Crippen LogP contribution in [0.4, 0.5) is 5.82 Å². The van der Waals surface area contributed by atoms with Crippen LogP contribution in [-0.4, -0.2) is 52.9 Å². The molecule has 0 radical (unpaired) electrons. The monoisotopic (exact) mass is 587 g/mol. The van der Waals surface area contributed by atoms with Crippen molar-refractivity contribution in [3.8, 4) is 0 Å². The normalized spacial score (nSPS) is 11.2. The molecule has 42 heavy (non-hydrogen) atoms. The van der Waals surface area contributed by atoms with Crippen LogP contribution in [0.25, 0.3) is 16.7 Å². The van der Waals surface area contributed by atoms with E-state index in [9.17, 15) is 24.0 Å². The highest BCUT2D eigenvalue weighted by molar-refractivity contribution is 7.99. The number of allylic oxidation sites excluding steroid dienone is 1. The molecule has 5 aromatic rings. The molecule has 0 amide bonds. The number of carbonyl (C=O) groups excluding carboxylic acids is 2. The number of thioether (sulfide) groups is 1. The zero-order valence-electron chi connectivity index (χ0n) is 22.4. The number of carbonyl (C=O) groups is 2. The summed E-state index contributed by atoms with van der Waals surface area (Å²) < 4.78 is 9.42. The fourth-order valence-corrected chi connectivity index (χ4v) is 5.36. The minimum Gasteiger partial charge on any atom is -0.468 e. The van der Waals surface area contributed by atoms with Crippen LogP contribution >= 0.6 is 11.8 Å². The number of anilines is 1. The zero-order chi connectivity index (χ0) is 30.0. The highest BCUT2D eigenvalue weighted by Crippen LogP contribution is 2.23. The van der Waals surface area contributed by atoms with Gasteiger partial charge in [-0.25, -0.2) is 9.36 Å². The maximum Gasteiger partial charge on any atom is 0.333 e. The Labute approximate surface area is 241 Å². The summed E-state index contributed by atoms with van der Waals surface area (Å²) in [6.07, 6.45) is 1.56. The molecule has 0 aliphatic carbocycles. The standard InChI is InChI=1S/C28H25N7O6S/c1-3-13-32-24(38)18-11-7-8-12-19(18)35-26(32)30-31-27(35)42-16-20(36)22-23(29)33(14-17-9-5-4-6-10-17)28(40)34(25(22)39)15-21(37)41-2/h3-12H,1,13-16,29H2,2H3. The lowest BCUT2D eigenvalue weighted by molar-refractivity contribution is -0.141. The van der Waals surface area contributed by atoms with E-state index in [0.717, 1.165) is 23.4 Å². The lowest BCUT2D eigenvalue weighted by Gasteiger charge is -2.16. The van der Waals surface area contributed by atoms with Crippen molar-refractivity contribution in [1.82, 2.24) is 28.3 Å². The van der Waals surface area contributed by atoms with Crippen molar-refractivity contribution in [2.45, 2.75) is 24.8 Å². The number of hydrogen-bond donors (Lipinski definition) is 1. The van der Waals surface area contributed by atoms with Crippen LogP contribution in [0.2, 0.25) is 0 Å². The van der Waals surface area contributed by atoms with Gasteiger partial charge in [0, 0.05) is 6.54 Å². The molecule has 3 aromatic heterocycles. The molecule has 0 unspecified atom stereocenters. The van der Waals surface area contributed by atoms with E-state index in [1.165, 1.54) is 4.57 Å². The number of nitrogens with zero attached hydrogens (tertiary/aromatic N) is 6. The Morgan fingerprint density at radius 1 is 0.976 bits per heavy atom. The molecule has 5 rings (SSSR count). The molecule has 0 aliphatic rings. The van der Waals surface area contributed by atoms with Gasteiger partial charge in [-0.1, -0.05) is 60.3 Å².